The average molecular weight is 396 g/mol. The van der Waals surface area contributed by atoms with Gasteiger partial charge in [0.15, 0.2) is 11.5 Å². The van der Waals surface area contributed by atoms with E-state index in [4.69, 9.17) is 9.47 Å². The zero-order chi connectivity index (χ0) is 20.4. The highest BCUT2D eigenvalue weighted by molar-refractivity contribution is 5.89. The topological polar surface area (TPSA) is 62.2 Å². The number of phenolic OH excluding ortho intramolecular Hbond substituents is 1. The Morgan fingerprint density at radius 1 is 1.17 bits per heavy atom. The van der Waals surface area contributed by atoms with Crippen molar-refractivity contribution in [3.8, 4) is 11.5 Å². The summed E-state index contributed by atoms with van der Waals surface area (Å²) in [5.74, 6) is 0.375. The summed E-state index contributed by atoms with van der Waals surface area (Å²) in [4.78, 5) is 16.8. The second-order valence-corrected chi connectivity index (χ2v) is 7.58. The molecule has 6 heteroatoms. The van der Waals surface area contributed by atoms with E-state index in [1.807, 2.05) is 36.4 Å². The smallest absolute Gasteiger partial charge is 0.338 e. The van der Waals surface area contributed by atoms with Gasteiger partial charge in [-0.2, -0.15) is 0 Å². The monoisotopic (exact) mass is 396 g/mol. The Hall–Kier alpha value is -2.73. The number of hydrogen-bond acceptors (Lipinski definition) is 6. The normalized spacial score (nSPS) is 21.7. The molecule has 2 aromatic rings. The number of phenols is 1. The van der Waals surface area contributed by atoms with Gasteiger partial charge in [-0.3, -0.25) is 4.90 Å². The Morgan fingerprint density at radius 2 is 1.97 bits per heavy atom. The van der Waals surface area contributed by atoms with Gasteiger partial charge in [0, 0.05) is 30.4 Å². The number of rotatable bonds is 5. The van der Waals surface area contributed by atoms with E-state index in [9.17, 15) is 9.90 Å². The molecule has 2 saturated heterocycles. The van der Waals surface area contributed by atoms with Crippen LogP contribution in [-0.2, 0) is 4.74 Å². The lowest BCUT2D eigenvalue weighted by atomic mass is 10.0. The van der Waals surface area contributed by atoms with Crippen LogP contribution in [0.4, 0.5) is 5.69 Å². The first-order valence-electron chi connectivity index (χ1n) is 10.3. The van der Waals surface area contributed by atoms with Gasteiger partial charge in [0.1, 0.15) is 6.17 Å². The third-order valence-corrected chi connectivity index (χ3v) is 5.93. The van der Waals surface area contributed by atoms with E-state index < -0.39 is 0 Å². The Bertz CT molecular complexity index is 868. The SMILES string of the molecule is CCOC(=O)c1ccc(N2C[C@H]3CCCCN3[C@@H]2c2cccc(OC)c2O)cc1. The molecule has 2 atom stereocenters. The van der Waals surface area contributed by atoms with Crippen LogP contribution < -0.4 is 9.64 Å². The van der Waals surface area contributed by atoms with Gasteiger partial charge in [0.05, 0.1) is 19.3 Å². The third kappa shape index (κ3) is 3.65. The van der Waals surface area contributed by atoms with Crippen LogP contribution >= 0.6 is 0 Å². The van der Waals surface area contributed by atoms with Gasteiger partial charge in [0.2, 0.25) is 0 Å². The minimum absolute atomic E-state index is 0.0659. The van der Waals surface area contributed by atoms with E-state index in [2.05, 4.69) is 9.80 Å². The number of piperidine rings is 1. The van der Waals surface area contributed by atoms with Gasteiger partial charge in [-0.05, 0) is 50.1 Å². The lowest BCUT2D eigenvalue weighted by molar-refractivity contribution is 0.0526. The molecule has 1 N–H and O–H groups in total. The summed E-state index contributed by atoms with van der Waals surface area (Å²) in [5, 5.41) is 10.8. The number of hydrogen-bond donors (Lipinski definition) is 1. The maximum Gasteiger partial charge on any atom is 0.338 e. The highest BCUT2D eigenvalue weighted by Gasteiger charge is 2.42. The Kier molecular flexibility index (Phi) is 5.62. The van der Waals surface area contributed by atoms with Crippen molar-refractivity contribution in [2.45, 2.75) is 38.4 Å². The Balaban J connectivity index is 1.70. The summed E-state index contributed by atoms with van der Waals surface area (Å²) in [6.07, 6.45) is 3.48. The van der Waals surface area contributed by atoms with Gasteiger partial charge in [-0.25, -0.2) is 4.79 Å². The van der Waals surface area contributed by atoms with Gasteiger partial charge < -0.3 is 19.5 Å². The number of methoxy groups -OCH3 is 1. The number of benzene rings is 2. The number of carbonyl (C=O) groups excluding carboxylic acids is 1. The van der Waals surface area contributed by atoms with Crippen molar-refractivity contribution < 1.29 is 19.4 Å². The molecule has 6 nitrogen and oxygen atoms in total. The van der Waals surface area contributed by atoms with E-state index in [1.165, 1.54) is 6.42 Å². The summed E-state index contributed by atoms with van der Waals surface area (Å²) in [5.41, 5.74) is 2.43. The number of esters is 1. The maximum absolute atomic E-state index is 12.0. The van der Waals surface area contributed by atoms with Crippen molar-refractivity contribution in [3.63, 3.8) is 0 Å². The van der Waals surface area contributed by atoms with Crippen LogP contribution in [0, 0.1) is 0 Å². The van der Waals surface area contributed by atoms with Crippen molar-refractivity contribution in [3.05, 3.63) is 53.6 Å². The molecule has 0 aromatic heterocycles. The average Bonchev–Trinajstić information content (AvgIpc) is 3.13. The Morgan fingerprint density at radius 3 is 2.69 bits per heavy atom. The molecule has 4 rings (SSSR count). The predicted octanol–water partition coefficient (Wildman–Crippen LogP) is 3.95. The lowest BCUT2D eigenvalue weighted by Crippen LogP contribution is -2.37. The minimum Gasteiger partial charge on any atom is -0.504 e. The first-order chi connectivity index (χ1) is 14.1. The van der Waals surface area contributed by atoms with Crippen molar-refractivity contribution in [2.75, 3.05) is 31.7 Å². The molecule has 2 aromatic carbocycles. The quantitative estimate of drug-likeness (QED) is 0.772. The van der Waals surface area contributed by atoms with Gasteiger partial charge in [-0.15, -0.1) is 0 Å². The standard InChI is InChI=1S/C23H28N2O4/c1-3-29-23(27)16-10-12-17(13-11-16)25-15-18-7-4-5-14-24(18)22(25)19-8-6-9-20(28-2)21(19)26/h6,8-13,18,22,26H,3-5,7,14-15H2,1-2H3/t18-,22+/m1/s1. The van der Waals surface area contributed by atoms with E-state index in [1.54, 1.807) is 20.1 Å². The molecule has 0 bridgehead atoms. The fourth-order valence-corrected chi connectivity index (χ4v) is 4.56. The summed E-state index contributed by atoms with van der Waals surface area (Å²) >= 11 is 0. The van der Waals surface area contributed by atoms with Crippen LogP contribution in [-0.4, -0.2) is 48.8 Å². The summed E-state index contributed by atoms with van der Waals surface area (Å²) < 4.78 is 10.4. The molecule has 0 saturated carbocycles. The van der Waals surface area contributed by atoms with E-state index in [0.717, 1.165) is 37.2 Å². The van der Waals surface area contributed by atoms with Crippen molar-refractivity contribution in [2.24, 2.45) is 0 Å². The van der Waals surface area contributed by atoms with Crippen LogP contribution in [0.5, 0.6) is 11.5 Å². The molecule has 2 aliphatic rings. The molecular weight excluding hydrogens is 368 g/mol. The molecule has 2 aliphatic heterocycles. The summed E-state index contributed by atoms with van der Waals surface area (Å²) in [6.45, 7) is 4.06. The number of aromatic hydroxyl groups is 1. The number of anilines is 1. The van der Waals surface area contributed by atoms with Crippen LogP contribution in [0.15, 0.2) is 42.5 Å². The second kappa shape index (κ2) is 8.33. The number of nitrogens with zero attached hydrogens (tertiary/aromatic N) is 2. The summed E-state index contributed by atoms with van der Waals surface area (Å²) in [6, 6.07) is 13.7. The number of ether oxygens (including phenoxy) is 2. The zero-order valence-corrected chi connectivity index (χ0v) is 17.0. The van der Waals surface area contributed by atoms with Crippen molar-refractivity contribution in [1.82, 2.24) is 4.90 Å². The molecule has 2 heterocycles. The molecule has 0 aliphatic carbocycles. The first-order valence-corrected chi connectivity index (χ1v) is 10.3. The van der Waals surface area contributed by atoms with Crippen LogP contribution in [0.3, 0.4) is 0 Å². The third-order valence-electron chi connectivity index (χ3n) is 5.93. The molecule has 29 heavy (non-hydrogen) atoms. The molecule has 0 radical (unpaired) electrons. The number of carbonyl (C=O) groups is 1. The fourth-order valence-electron chi connectivity index (χ4n) is 4.56. The van der Waals surface area contributed by atoms with Crippen molar-refractivity contribution in [1.29, 1.82) is 0 Å². The first kappa shape index (κ1) is 19.6. The van der Waals surface area contributed by atoms with E-state index in [-0.39, 0.29) is 17.9 Å². The lowest BCUT2D eigenvalue weighted by Gasteiger charge is -2.35. The van der Waals surface area contributed by atoms with Crippen molar-refractivity contribution >= 4 is 11.7 Å². The van der Waals surface area contributed by atoms with Crippen LogP contribution in [0.1, 0.15) is 48.3 Å². The number of para-hydroxylation sites is 1. The fraction of sp³-hybridized carbons (Fsp3) is 0.435. The van der Waals surface area contributed by atoms with Gasteiger partial charge in [-0.1, -0.05) is 18.6 Å². The van der Waals surface area contributed by atoms with Gasteiger partial charge >= 0.3 is 5.97 Å². The van der Waals surface area contributed by atoms with Gasteiger partial charge in [0.25, 0.3) is 0 Å². The largest absolute Gasteiger partial charge is 0.504 e. The van der Waals surface area contributed by atoms with Crippen LogP contribution in [0.25, 0.3) is 0 Å². The van der Waals surface area contributed by atoms with Crippen LogP contribution in [0.2, 0.25) is 0 Å². The minimum atomic E-state index is -0.306. The highest BCUT2D eigenvalue weighted by Crippen LogP contribution is 2.45. The Labute approximate surface area is 171 Å². The molecule has 0 unspecified atom stereocenters. The molecule has 0 amide bonds. The predicted molar refractivity (Wildman–Crippen MR) is 111 cm³/mol. The second-order valence-electron chi connectivity index (χ2n) is 7.58. The van der Waals surface area contributed by atoms with E-state index in [0.29, 0.717) is 24.0 Å². The molecule has 2 fully saturated rings. The molecule has 154 valence electrons. The molecular formula is C23H28N2O4. The summed E-state index contributed by atoms with van der Waals surface area (Å²) in [7, 11) is 1.57. The highest BCUT2D eigenvalue weighted by atomic mass is 16.5. The number of fused-ring (bicyclic) bond motifs is 1. The molecule has 0 spiro atoms. The maximum atomic E-state index is 12.0. The zero-order valence-electron chi connectivity index (χ0n) is 17.0. The van der Waals surface area contributed by atoms with E-state index >= 15 is 0 Å².